The van der Waals surface area contributed by atoms with Crippen LogP contribution in [-0.4, -0.2) is 11.8 Å². The van der Waals surface area contributed by atoms with Crippen LogP contribution in [0.3, 0.4) is 0 Å². The number of furan rings is 1. The summed E-state index contributed by atoms with van der Waals surface area (Å²) >= 11 is 0. The van der Waals surface area contributed by atoms with E-state index in [1.807, 2.05) is 55.5 Å². The Labute approximate surface area is 112 Å². The number of fused-ring (bicyclic) bond motifs is 1. The third-order valence-corrected chi connectivity index (χ3v) is 2.80. The highest BCUT2D eigenvalue weighted by atomic mass is 16.3. The fourth-order valence-electron chi connectivity index (χ4n) is 1.76. The van der Waals surface area contributed by atoms with Crippen LogP contribution < -0.4 is 5.32 Å². The Kier molecular flexibility index (Phi) is 4.21. The molecule has 0 atom stereocenters. The van der Waals surface area contributed by atoms with Crippen molar-refractivity contribution in [1.82, 2.24) is 5.32 Å². The van der Waals surface area contributed by atoms with Crippen molar-refractivity contribution < 1.29 is 9.52 Å². The fourth-order valence-corrected chi connectivity index (χ4v) is 1.76. The van der Waals surface area contributed by atoms with Crippen molar-refractivity contribution in [2.24, 2.45) is 0 Å². The molecule has 0 saturated heterocycles. The molecule has 98 valence electrons. The Bertz CT molecular complexity index is 602. The summed E-state index contributed by atoms with van der Waals surface area (Å²) in [6.45, 7) is 5.79. The first-order chi connectivity index (χ1) is 9.24. The average molecular weight is 255 g/mol. The molecule has 0 aliphatic rings. The number of hydrogen-bond donors (Lipinski definition) is 2. The molecule has 1 aromatic heterocycles. The summed E-state index contributed by atoms with van der Waals surface area (Å²) in [5.41, 5.74) is 2.47. The van der Waals surface area contributed by atoms with Crippen LogP contribution >= 0.6 is 0 Å². The highest BCUT2D eigenvalue weighted by Crippen LogP contribution is 2.24. The molecule has 19 heavy (non-hydrogen) atoms. The van der Waals surface area contributed by atoms with E-state index in [1.54, 1.807) is 0 Å². The fraction of sp³-hybridized carbons (Fsp3) is 0.125. The van der Waals surface area contributed by atoms with E-state index in [-0.39, 0.29) is 6.73 Å². The monoisotopic (exact) mass is 255 g/mol. The van der Waals surface area contributed by atoms with Gasteiger partial charge in [0, 0.05) is 16.7 Å². The normalized spacial score (nSPS) is 12.2. The van der Waals surface area contributed by atoms with Crippen molar-refractivity contribution in [3.05, 3.63) is 66.6 Å². The number of aliphatic hydroxyl groups excluding tert-OH is 1. The Morgan fingerprint density at radius 3 is 2.84 bits per heavy atom. The first kappa shape index (κ1) is 13.2. The summed E-state index contributed by atoms with van der Waals surface area (Å²) in [6.07, 6.45) is 5.58. The third kappa shape index (κ3) is 3.14. The standard InChI is InChI=1S/C16H17NO2/c1-3-14(17-11-18)9-8-12(2)16-10-13-6-4-5-7-15(13)19-16/h3-10,17-18H,2,11H2,1H3/b9-8-,14-3+. The van der Waals surface area contributed by atoms with Crippen molar-refractivity contribution >= 4 is 16.5 Å². The lowest BCUT2D eigenvalue weighted by Gasteiger charge is -2.01. The lowest BCUT2D eigenvalue weighted by molar-refractivity contribution is 0.276. The molecular weight excluding hydrogens is 238 g/mol. The molecule has 3 nitrogen and oxygen atoms in total. The molecule has 2 aromatic rings. The quantitative estimate of drug-likeness (QED) is 0.635. The topological polar surface area (TPSA) is 45.4 Å². The number of nitrogens with one attached hydrogen (secondary N) is 1. The van der Waals surface area contributed by atoms with Gasteiger partial charge in [0.25, 0.3) is 0 Å². The minimum atomic E-state index is -0.0961. The van der Waals surface area contributed by atoms with Gasteiger partial charge in [0.15, 0.2) is 0 Å². The highest BCUT2D eigenvalue weighted by molar-refractivity contribution is 5.83. The predicted molar refractivity (Wildman–Crippen MR) is 78.4 cm³/mol. The first-order valence-electron chi connectivity index (χ1n) is 6.11. The van der Waals surface area contributed by atoms with Crippen molar-refractivity contribution in [1.29, 1.82) is 0 Å². The zero-order valence-electron chi connectivity index (χ0n) is 10.9. The van der Waals surface area contributed by atoms with Crippen LogP contribution in [-0.2, 0) is 0 Å². The van der Waals surface area contributed by atoms with Crippen molar-refractivity contribution in [3.63, 3.8) is 0 Å². The lowest BCUT2D eigenvalue weighted by atomic mass is 10.2. The maximum atomic E-state index is 8.82. The van der Waals surface area contributed by atoms with Crippen LogP contribution in [0.15, 0.2) is 65.3 Å². The maximum absolute atomic E-state index is 8.82. The van der Waals surface area contributed by atoms with Gasteiger partial charge in [-0.05, 0) is 31.2 Å². The van der Waals surface area contributed by atoms with Crippen LogP contribution in [0.5, 0.6) is 0 Å². The van der Waals surface area contributed by atoms with Gasteiger partial charge in [-0.25, -0.2) is 0 Å². The van der Waals surface area contributed by atoms with E-state index in [1.165, 1.54) is 0 Å². The molecule has 0 saturated carbocycles. The van der Waals surface area contributed by atoms with E-state index in [9.17, 15) is 0 Å². The van der Waals surface area contributed by atoms with Gasteiger partial charge in [-0.15, -0.1) is 0 Å². The summed E-state index contributed by atoms with van der Waals surface area (Å²) in [4.78, 5) is 0. The second-order valence-corrected chi connectivity index (χ2v) is 4.09. The predicted octanol–water partition coefficient (Wildman–Crippen LogP) is 3.45. The molecule has 0 fully saturated rings. The van der Waals surface area contributed by atoms with Gasteiger partial charge < -0.3 is 14.8 Å². The number of rotatable bonds is 5. The van der Waals surface area contributed by atoms with Crippen LogP contribution in [0.25, 0.3) is 16.5 Å². The third-order valence-electron chi connectivity index (χ3n) is 2.80. The summed E-state index contributed by atoms with van der Waals surface area (Å²) in [5.74, 6) is 0.747. The van der Waals surface area contributed by atoms with Gasteiger partial charge in [-0.2, -0.15) is 0 Å². The van der Waals surface area contributed by atoms with E-state index >= 15 is 0 Å². The number of allylic oxidation sites excluding steroid dienone is 4. The maximum Gasteiger partial charge on any atom is 0.134 e. The molecule has 3 heteroatoms. The van der Waals surface area contributed by atoms with E-state index in [0.717, 1.165) is 28.0 Å². The molecule has 0 radical (unpaired) electrons. The molecule has 0 bridgehead atoms. The molecule has 2 N–H and O–H groups in total. The van der Waals surface area contributed by atoms with E-state index in [0.29, 0.717) is 0 Å². The number of para-hydroxylation sites is 1. The largest absolute Gasteiger partial charge is 0.456 e. The second-order valence-electron chi connectivity index (χ2n) is 4.09. The molecule has 0 spiro atoms. The summed E-state index contributed by atoms with van der Waals surface area (Å²) < 4.78 is 5.72. The SMILES string of the molecule is C=C(/C=C\C(=C/C)NCO)c1cc2ccccc2o1. The van der Waals surface area contributed by atoms with E-state index in [4.69, 9.17) is 9.52 Å². The minimum absolute atomic E-state index is 0.0961. The van der Waals surface area contributed by atoms with Crippen molar-refractivity contribution in [2.45, 2.75) is 6.92 Å². The molecule has 2 rings (SSSR count). The number of benzene rings is 1. The first-order valence-corrected chi connectivity index (χ1v) is 6.11. The summed E-state index contributed by atoms with van der Waals surface area (Å²) in [5, 5.41) is 12.7. The zero-order chi connectivity index (χ0) is 13.7. The highest BCUT2D eigenvalue weighted by Gasteiger charge is 2.04. The smallest absolute Gasteiger partial charge is 0.134 e. The molecule has 1 heterocycles. The van der Waals surface area contributed by atoms with Crippen LogP contribution in [0.4, 0.5) is 0 Å². The van der Waals surface area contributed by atoms with Gasteiger partial charge in [0.1, 0.15) is 18.1 Å². The second kappa shape index (κ2) is 6.07. The van der Waals surface area contributed by atoms with Gasteiger partial charge >= 0.3 is 0 Å². The lowest BCUT2D eigenvalue weighted by Crippen LogP contribution is -2.11. The van der Waals surface area contributed by atoms with Crippen molar-refractivity contribution in [2.75, 3.05) is 6.73 Å². The van der Waals surface area contributed by atoms with Crippen LogP contribution in [0, 0.1) is 0 Å². The molecule has 0 unspecified atom stereocenters. The minimum Gasteiger partial charge on any atom is -0.456 e. The van der Waals surface area contributed by atoms with Gasteiger partial charge in [0.05, 0.1) is 0 Å². The Morgan fingerprint density at radius 2 is 2.16 bits per heavy atom. The molecular formula is C16H17NO2. The van der Waals surface area contributed by atoms with E-state index < -0.39 is 0 Å². The Morgan fingerprint density at radius 1 is 1.37 bits per heavy atom. The number of aliphatic hydroxyl groups is 1. The Hall–Kier alpha value is -2.26. The summed E-state index contributed by atoms with van der Waals surface area (Å²) in [6, 6.07) is 9.82. The van der Waals surface area contributed by atoms with E-state index in [2.05, 4.69) is 11.9 Å². The molecule has 0 amide bonds. The van der Waals surface area contributed by atoms with Crippen LogP contribution in [0.2, 0.25) is 0 Å². The molecule has 1 aromatic carbocycles. The van der Waals surface area contributed by atoms with Gasteiger partial charge in [-0.3, -0.25) is 0 Å². The molecule has 0 aliphatic carbocycles. The van der Waals surface area contributed by atoms with Crippen molar-refractivity contribution in [3.8, 4) is 0 Å². The average Bonchev–Trinajstić information content (AvgIpc) is 2.87. The molecule has 0 aliphatic heterocycles. The van der Waals surface area contributed by atoms with Crippen LogP contribution in [0.1, 0.15) is 12.7 Å². The number of hydrogen-bond acceptors (Lipinski definition) is 3. The van der Waals surface area contributed by atoms with Gasteiger partial charge in [-0.1, -0.05) is 30.9 Å². The summed E-state index contributed by atoms with van der Waals surface area (Å²) in [7, 11) is 0. The van der Waals surface area contributed by atoms with Gasteiger partial charge in [0.2, 0.25) is 0 Å². The Balaban J connectivity index is 2.17. The zero-order valence-corrected chi connectivity index (χ0v) is 10.9.